The lowest BCUT2D eigenvalue weighted by molar-refractivity contribution is -0.132. The van der Waals surface area contributed by atoms with E-state index in [0.717, 1.165) is 54.6 Å². The lowest BCUT2D eigenvalue weighted by Gasteiger charge is -2.32. The van der Waals surface area contributed by atoms with E-state index >= 15 is 0 Å². The molecule has 1 saturated heterocycles. The molecule has 1 amide bonds. The number of nitrogens with one attached hydrogen (secondary N) is 1. The number of H-pyrrole nitrogens is 1. The minimum atomic E-state index is -0.233. The second-order valence-electron chi connectivity index (χ2n) is 8.50. The molecule has 32 heavy (non-hydrogen) atoms. The van der Waals surface area contributed by atoms with Gasteiger partial charge in [0.1, 0.15) is 5.82 Å². The topological polar surface area (TPSA) is 66.8 Å². The zero-order valence-electron chi connectivity index (χ0n) is 17.9. The van der Waals surface area contributed by atoms with Crippen LogP contribution < -0.4 is 0 Å². The van der Waals surface area contributed by atoms with Crippen LogP contribution in [0.4, 0.5) is 4.39 Å². The van der Waals surface area contributed by atoms with Crippen LogP contribution in [-0.4, -0.2) is 43.6 Å². The Morgan fingerprint density at radius 1 is 1.12 bits per heavy atom. The maximum atomic E-state index is 13.8. The number of piperidine rings is 1. The van der Waals surface area contributed by atoms with Gasteiger partial charge in [0.2, 0.25) is 5.91 Å². The highest BCUT2D eigenvalue weighted by molar-refractivity contribution is 5.81. The van der Waals surface area contributed by atoms with Crippen molar-refractivity contribution < 1.29 is 9.18 Å². The molecule has 0 saturated carbocycles. The molecule has 1 aliphatic rings. The Morgan fingerprint density at radius 3 is 2.75 bits per heavy atom. The molecule has 0 atom stereocenters. The van der Waals surface area contributed by atoms with Crippen molar-refractivity contribution in [3.63, 3.8) is 0 Å². The first kappa shape index (κ1) is 20.4. The lowest BCUT2D eigenvalue weighted by Crippen LogP contribution is -2.39. The number of aryl methyl sites for hydroxylation is 1. The Hall–Kier alpha value is -3.48. The fourth-order valence-corrected chi connectivity index (χ4v) is 4.54. The summed E-state index contributed by atoms with van der Waals surface area (Å²) in [5.41, 5.74) is 4.86. The molecule has 2 aromatic carbocycles. The van der Waals surface area contributed by atoms with Gasteiger partial charge in [-0.15, -0.1) is 0 Å². The number of carbonyl (C=O) groups excluding carboxylic acids is 1. The van der Waals surface area contributed by atoms with Crippen molar-refractivity contribution in [2.75, 3.05) is 13.1 Å². The first-order valence-electron chi connectivity index (χ1n) is 11.1. The Kier molecular flexibility index (Phi) is 5.71. The molecule has 1 N–H and O–H groups in total. The molecule has 1 aliphatic heterocycles. The number of aromatic amines is 1. The summed E-state index contributed by atoms with van der Waals surface area (Å²) in [6.07, 6.45) is 8.35. The number of likely N-dealkylation sites (tertiary alicyclic amines) is 1. The van der Waals surface area contributed by atoms with Crippen molar-refractivity contribution in [3.8, 4) is 11.1 Å². The van der Waals surface area contributed by atoms with E-state index < -0.39 is 0 Å². The highest BCUT2D eigenvalue weighted by atomic mass is 19.1. The fraction of sp³-hybridized carbons (Fsp3) is 0.320. The van der Waals surface area contributed by atoms with E-state index in [1.54, 1.807) is 12.1 Å². The number of amides is 1. The number of imidazole rings is 1. The van der Waals surface area contributed by atoms with Crippen LogP contribution in [0, 0.1) is 11.7 Å². The van der Waals surface area contributed by atoms with E-state index in [0.29, 0.717) is 24.3 Å². The van der Waals surface area contributed by atoms with Crippen LogP contribution in [-0.2, 0) is 17.8 Å². The second kappa shape index (κ2) is 8.94. The molecule has 0 radical (unpaired) electrons. The third-order valence-corrected chi connectivity index (χ3v) is 6.44. The van der Waals surface area contributed by atoms with Gasteiger partial charge < -0.3 is 9.47 Å². The second-order valence-corrected chi connectivity index (χ2v) is 8.50. The predicted octanol–water partition coefficient (Wildman–Crippen LogP) is 4.44. The normalized spacial score (nSPS) is 14.8. The maximum absolute atomic E-state index is 13.8. The molecular weight excluding hydrogens is 405 g/mol. The Balaban J connectivity index is 1.16. The van der Waals surface area contributed by atoms with Gasteiger partial charge in [0.15, 0.2) is 0 Å². The summed E-state index contributed by atoms with van der Waals surface area (Å²) in [6, 6.07) is 13.0. The number of carbonyl (C=O) groups is 1. The quantitative estimate of drug-likeness (QED) is 0.491. The molecule has 4 aromatic rings. The van der Waals surface area contributed by atoms with Crippen LogP contribution in [0.15, 0.2) is 61.2 Å². The van der Waals surface area contributed by atoms with Crippen LogP contribution in [0.2, 0.25) is 0 Å². The Labute approximate surface area is 186 Å². The van der Waals surface area contributed by atoms with Gasteiger partial charge in [-0.05, 0) is 54.5 Å². The summed E-state index contributed by atoms with van der Waals surface area (Å²) < 4.78 is 16.0. The highest BCUT2D eigenvalue weighted by Gasteiger charge is 2.23. The molecule has 2 aromatic heterocycles. The van der Waals surface area contributed by atoms with Gasteiger partial charge in [-0.3, -0.25) is 9.89 Å². The molecular formula is C25H26FN5O. The van der Waals surface area contributed by atoms with Crippen molar-refractivity contribution >= 4 is 16.9 Å². The third-order valence-electron chi connectivity index (χ3n) is 6.44. The van der Waals surface area contributed by atoms with Crippen LogP contribution in [0.1, 0.15) is 24.8 Å². The average Bonchev–Trinajstić information content (AvgIpc) is 3.49. The van der Waals surface area contributed by atoms with E-state index in [4.69, 9.17) is 0 Å². The van der Waals surface area contributed by atoms with Crippen molar-refractivity contribution in [1.82, 2.24) is 24.6 Å². The number of rotatable bonds is 6. The zero-order chi connectivity index (χ0) is 21.9. The number of benzene rings is 2. The maximum Gasteiger partial charge on any atom is 0.222 e. The highest BCUT2D eigenvalue weighted by Crippen LogP contribution is 2.26. The van der Waals surface area contributed by atoms with Crippen LogP contribution in [0.25, 0.3) is 22.2 Å². The van der Waals surface area contributed by atoms with Crippen molar-refractivity contribution in [2.45, 2.75) is 32.2 Å². The molecule has 3 heterocycles. The van der Waals surface area contributed by atoms with E-state index in [1.165, 1.54) is 6.07 Å². The SMILES string of the molecule is O=C(CCc1ccccc1F)N1CCC(Cn2cnc3cc(-c4cn[nH]c4)ccc32)CC1. The standard InChI is InChI=1S/C25H26FN5O/c26-22-4-2-1-3-19(22)6-8-25(32)30-11-9-18(10-12-30)16-31-17-27-23-13-20(5-7-24(23)31)21-14-28-29-15-21/h1-5,7,13-15,17-18H,6,8-12,16H2,(H,28,29). The van der Waals surface area contributed by atoms with Gasteiger partial charge in [-0.25, -0.2) is 9.37 Å². The van der Waals surface area contributed by atoms with Crippen molar-refractivity contribution in [3.05, 3.63) is 72.6 Å². The van der Waals surface area contributed by atoms with Gasteiger partial charge in [0, 0.05) is 37.8 Å². The van der Waals surface area contributed by atoms with Gasteiger partial charge >= 0.3 is 0 Å². The van der Waals surface area contributed by atoms with Crippen LogP contribution in [0.5, 0.6) is 0 Å². The number of fused-ring (bicyclic) bond motifs is 1. The molecule has 164 valence electrons. The first-order chi connectivity index (χ1) is 15.7. The van der Waals surface area contributed by atoms with Crippen LogP contribution >= 0.6 is 0 Å². The average molecular weight is 432 g/mol. The molecule has 0 spiro atoms. The number of halogens is 1. The first-order valence-corrected chi connectivity index (χ1v) is 11.1. The van der Waals surface area contributed by atoms with E-state index in [-0.39, 0.29) is 11.7 Å². The monoisotopic (exact) mass is 431 g/mol. The van der Waals surface area contributed by atoms with E-state index in [2.05, 4.69) is 37.9 Å². The van der Waals surface area contributed by atoms with Gasteiger partial charge in [-0.1, -0.05) is 24.3 Å². The summed E-state index contributed by atoms with van der Waals surface area (Å²) >= 11 is 0. The summed E-state index contributed by atoms with van der Waals surface area (Å²) in [5, 5.41) is 6.86. The van der Waals surface area contributed by atoms with E-state index in [9.17, 15) is 9.18 Å². The minimum Gasteiger partial charge on any atom is -0.343 e. The summed E-state index contributed by atoms with van der Waals surface area (Å²) in [6.45, 7) is 2.43. The molecule has 7 heteroatoms. The Bertz CT molecular complexity index is 1210. The smallest absolute Gasteiger partial charge is 0.222 e. The molecule has 5 rings (SSSR count). The fourth-order valence-electron chi connectivity index (χ4n) is 4.54. The van der Waals surface area contributed by atoms with Crippen LogP contribution in [0.3, 0.4) is 0 Å². The van der Waals surface area contributed by atoms with Gasteiger partial charge in [0.25, 0.3) is 0 Å². The van der Waals surface area contributed by atoms with Crippen molar-refractivity contribution in [2.24, 2.45) is 5.92 Å². The number of hydrogen-bond acceptors (Lipinski definition) is 3. The molecule has 0 bridgehead atoms. The van der Waals surface area contributed by atoms with Gasteiger partial charge in [-0.2, -0.15) is 5.10 Å². The third kappa shape index (κ3) is 4.28. The number of nitrogens with zero attached hydrogens (tertiary/aromatic N) is 4. The Morgan fingerprint density at radius 2 is 1.97 bits per heavy atom. The predicted molar refractivity (Wildman–Crippen MR) is 121 cm³/mol. The summed E-state index contributed by atoms with van der Waals surface area (Å²) in [5.74, 6) is 0.395. The zero-order valence-corrected chi connectivity index (χ0v) is 17.9. The molecule has 0 aliphatic carbocycles. The molecule has 1 fully saturated rings. The summed E-state index contributed by atoms with van der Waals surface area (Å²) in [4.78, 5) is 19.1. The number of aromatic nitrogens is 4. The molecule has 0 unspecified atom stereocenters. The summed E-state index contributed by atoms with van der Waals surface area (Å²) in [7, 11) is 0. The van der Waals surface area contributed by atoms with Gasteiger partial charge in [0.05, 0.1) is 23.6 Å². The molecule has 6 nitrogen and oxygen atoms in total. The number of hydrogen-bond donors (Lipinski definition) is 1. The minimum absolute atomic E-state index is 0.117. The largest absolute Gasteiger partial charge is 0.343 e. The lowest BCUT2D eigenvalue weighted by atomic mass is 9.96. The van der Waals surface area contributed by atoms with Crippen molar-refractivity contribution in [1.29, 1.82) is 0 Å². The van der Waals surface area contributed by atoms with E-state index in [1.807, 2.05) is 29.7 Å².